The van der Waals surface area contributed by atoms with Crippen LogP contribution in [0.2, 0.25) is 5.02 Å². The van der Waals surface area contributed by atoms with Crippen molar-refractivity contribution in [1.29, 1.82) is 0 Å². The molecule has 4 heteroatoms. The Hall–Kier alpha value is -0.640. The molecule has 0 heterocycles. The minimum absolute atomic E-state index is 0.159. The highest BCUT2D eigenvalue weighted by molar-refractivity contribution is 6.30. The quantitative estimate of drug-likeness (QED) is 0.876. The lowest BCUT2D eigenvalue weighted by Gasteiger charge is -2.35. The number of halogens is 2. The number of hydrogen-bond donors (Lipinski definition) is 1. The smallest absolute Gasteiger partial charge is 0.142 e. The van der Waals surface area contributed by atoms with Gasteiger partial charge >= 0.3 is 0 Å². The minimum Gasteiger partial charge on any atom is -0.374 e. The number of benzene rings is 1. The molecule has 2 nitrogen and oxygen atoms in total. The van der Waals surface area contributed by atoms with Gasteiger partial charge in [0.2, 0.25) is 0 Å². The van der Waals surface area contributed by atoms with Gasteiger partial charge in [-0.3, -0.25) is 0 Å². The lowest BCUT2D eigenvalue weighted by atomic mass is 9.82. The van der Waals surface area contributed by atoms with Gasteiger partial charge in [-0.2, -0.15) is 0 Å². The van der Waals surface area contributed by atoms with Crippen molar-refractivity contribution in [3.8, 4) is 0 Å². The van der Waals surface area contributed by atoms with E-state index in [-0.39, 0.29) is 10.8 Å². The summed E-state index contributed by atoms with van der Waals surface area (Å²) in [5.74, 6) is 0.349. The summed E-state index contributed by atoms with van der Waals surface area (Å²) in [5.41, 5.74) is 0.837. The average Bonchev–Trinajstić information content (AvgIpc) is 2.26. The lowest BCUT2D eigenvalue weighted by molar-refractivity contribution is -0.0391. The van der Waals surface area contributed by atoms with Gasteiger partial charge in [0.15, 0.2) is 0 Å². The minimum atomic E-state index is -0.380. The molecule has 0 unspecified atom stereocenters. The predicted molar refractivity (Wildman–Crippen MR) is 66.6 cm³/mol. The number of ether oxygens (including phenoxy) is 1. The molecule has 0 bridgehead atoms. The highest BCUT2D eigenvalue weighted by Gasteiger charge is 2.28. The first-order valence-corrected chi connectivity index (χ1v) is 6.27. The number of rotatable bonds is 5. The predicted octanol–water partition coefficient (Wildman–Crippen LogP) is 2.99. The standard InChI is InChI=1S/C13H17ClFNO/c1-16-7-10-4-11(5-10)17-8-9-2-3-12(14)13(15)6-9/h2-3,6,10-11,16H,4-5,7-8H2,1H3. The third-order valence-corrected chi connectivity index (χ3v) is 3.46. The fraction of sp³-hybridized carbons (Fsp3) is 0.538. The second-order valence-corrected chi connectivity index (χ2v) is 4.98. The van der Waals surface area contributed by atoms with Gasteiger partial charge in [-0.25, -0.2) is 4.39 Å². The highest BCUT2D eigenvalue weighted by Crippen LogP contribution is 2.30. The summed E-state index contributed by atoms with van der Waals surface area (Å²) >= 11 is 5.61. The highest BCUT2D eigenvalue weighted by atomic mass is 35.5. The normalized spacial score (nSPS) is 23.5. The van der Waals surface area contributed by atoms with Crippen LogP contribution in [-0.2, 0) is 11.3 Å². The van der Waals surface area contributed by atoms with Crippen molar-refractivity contribution in [1.82, 2.24) is 5.32 Å². The monoisotopic (exact) mass is 257 g/mol. The maximum Gasteiger partial charge on any atom is 0.142 e. The third kappa shape index (κ3) is 3.41. The fourth-order valence-electron chi connectivity index (χ4n) is 2.11. The second-order valence-electron chi connectivity index (χ2n) is 4.58. The van der Waals surface area contributed by atoms with E-state index in [1.807, 2.05) is 7.05 Å². The Balaban J connectivity index is 1.74. The van der Waals surface area contributed by atoms with Crippen LogP contribution in [0.25, 0.3) is 0 Å². The van der Waals surface area contributed by atoms with Crippen LogP contribution < -0.4 is 5.32 Å². The maximum atomic E-state index is 13.2. The van der Waals surface area contributed by atoms with Crippen molar-refractivity contribution >= 4 is 11.6 Å². The van der Waals surface area contributed by atoms with Gasteiger partial charge < -0.3 is 10.1 Å². The van der Waals surface area contributed by atoms with Crippen LogP contribution in [0.3, 0.4) is 0 Å². The molecule has 1 N–H and O–H groups in total. The van der Waals surface area contributed by atoms with Crippen LogP contribution in [0.5, 0.6) is 0 Å². The summed E-state index contributed by atoms with van der Waals surface area (Å²) in [4.78, 5) is 0. The molecule has 0 saturated heterocycles. The molecule has 0 radical (unpaired) electrons. The summed E-state index contributed by atoms with van der Waals surface area (Å²) in [6.45, 7) is 1.51. The van der Waals surface area contributed by atoms with Gasteiger partial charge in [0.1, 0.15) is 5.82 Å². The summed E-state index contributed by atoms with van der Waals surface area (Å²) in [6, 6.07) is 4.81. The summed E-state index contributed by atoms with van der Waals surface area (Å²) in [5, 5.41) is 3.32. The maximum absolute atomic E-state index is 13.2. The van der Waals surface area contributed by atoms with Crippen LogP contribution >= 0.6 is 11.6 Å². The van der Waals surface area contributed by atoms with E-state index in [1.54, 1.807) is 12.1 Å². The Morgan fingerprint density at radius 3 is 2.88 bits per heavy atom. The van der Waals surface area contributed by atoms with E-state index in [0.29, 0.717) is 12.7 Å². The fourth-order valence-corrected chi connectivity index (χ4v) is 2.23. The molecule has 2 rings (SSSR count). The van der Waals surface area contributed by atoms with Crippen molar-refractivity contribution in [2.75, 3.05) is 13.6 Å². The zero-order valence-corrected chi connectivity index (χ0v) is 10.6. The van der Waals surface area contributed by atoms with E-state index >= 15 is 0 Å². The third-order valence-electron chi connectivity index (χ3n) is 3.15. The summed E-state index contributed by atoms with van der Waals surface area (Å²) in [7, 11) is 1.96. The van der Waals surface area contributed by atoms with Crippen molar-refractivity contribution in [2.24, 2.45) is 5.92 Å². The van der Waals surface area contributed by atoms with Crippen LogP contribution in [0.15, 0.2) is 18.2 Å². The molecule has 1 aromatic rings. The first-order chi connectivity index (χ1) is 8.19. The molecule has 1 fully saturated rings. The van der Waals surface area contributed by atoms with E-state index in [1.165, 1.54) is 6.07 Å². The molecule has 0 spiro atoms. The first-order valence-electron chi connectivity index (χ1n) is 5.89. The summed E-state index contributed by atoms with van der Waals surface area (Å²) < 4.78 is 18.9. The Bertz CT molecular complexity index is 380. The van der Waals surface area contributed by atoms with E-state index in [9.17, 15) is 4.39 Å². The molecule has 1 saturated carbocycles. The molecule has 1 aromatic carbocycles. The largest absolute Gasteiger partial charge is 0.374 e. The Morgan fingerprint density at radius 1 is 1.47 bits per heavy atom. The van der Waals surface area contributed by atoms with Gasteiger partial charge in [-0.1, -0.05) is 17.7 Å². The molecule has 0 atom stereocenters. The zero-order chi connectivity index (χ0) is 12.3. The van der Waals surface area contributed by atoms with Crippen LogP contribution in [0, 0.1) is 11.7 Å². The van der Waals surface area contributed by atoms with Gasteiger partial charge in [0.25, 0.3) is 0 Å². The SMILES string of the molecule is CNCC1CC(OCc2ccc(Cl)c(F)c2)C1. The van der Waals surface area contributed by atoms with E-state index in [2.05, 4.69) is 5.32 Å². The van der Waals surface area contributed by atoms with Crippen molar-refractivity contribution in [3.63, 3.8) is 0 Å². The van der Waals surface area contributed by atoms with Crippen molar-refractivity contribution in [3.05, 3.63) is 34.6 Å². The molecule has 0 aromatic heterocycles. The molecular weight excluding hydrogens is 241 g/mol. The first kappa shape index (κ1) is 12.8. The molecular formula is C13H17ClFNO. The average molecular weight is 258 g/mol. The molecule has 94 valence electrons. The second kappa shape index (κ2) is 5.80. The zero-order valence-electron chi connectivity index (χ0n) is 9.88. The Morgan fingerprint density at radius 2 is 2.24 bits per heavy atom. The van der Waals surface area contributed by atoms with E-state index < -0.39 is 0 Å². The molecule has 0 amide bonds. The molecule has 1 aliphatic carbocycles. The van der Waals surface area contributed by atoms with Gasteiger partial charge in [-0.05, 0) is 50.0 Å². The van der Waals surface area contributed by atoms with Crippen LogP contribution in [0.4, 0.5) is 4.39 Å². The van der Waals surface area contributed by atoms with Crippen LogP contribution in [0.1, 0.15) is 18.4 Å². The summed E-state index contributed by atoms with van der Waals surface area (Å²) in [6.07, 6.45) is 2.51. The van der Waals surface area contributed by atoms with E-state index in [4.69, 9.17) is 16.3 Å². The lowest BCUT2D eigenvalue weighted by Crippen LogP contribution is -2.36. The van der Waals surface area contributed by atoms with E-state index in [0.717, 1.165) is 30.9 Å². The molecule has 0 aliphatic heterocycles. The Kier molecular flexibility index (Phi) is 4.37. The van der Waals surface area contributed by atoms with Crippen molar-refractivity contribution in [2.45, 2.75) is 25.6 Å². The Labute approximate surface area is 106 Å². The van der Waals surface area contributed by atoms with Crippen molar-refractivity contribution < 1.29 is 9.13 Å². The number of nitrogens with one attached hydrogen (secondary N) is 1. The van der Waals surface area contributed by atoms with Gasteiger partial charge in [0.05, 0.1) is 17.7 Å². The molecule has 1 aliphatic rings. The van der Waals surface area contributed by atoms with Crippen LogP contribution in [-0.4, -0.2) is 19.7 Å². The molecule has 17 heavy (non-hydrogen) atoms. The number of hydrogen-bond acceptors (Lipinski definition) is 2. The van der Waals surface area contributed by atoms with Gasteiger partial charge in [0, 0.05) is 0 Å². The topological polar surface area (TPSA) is 21.3 Å². The van der Waals surface area contributed by atoms with Gasteiger partial charge in [-0.15, -0.1) is 0 Å².